The van der Waals surface area contributed by atoms with Gasteiger partial charge in [0.25, 0.3) is 0 Å². The van der Waals surface area contributed by atoms with Crippen LogP contribution in [0.25, 0.3) is 0 Å². The molecule has 0 rings (SSSR count). The molecule has 0 spiro atoms. The minimum Gasteiger partial charge on any atom is -0.352 e. The number of likely N-dealkylation sites (N-methyl/N-ethyl adjacent to an activating group) is 1. The topological polar surface area (TPSA) is 41.1 Å². The molecule has 0 fully saturated rings. The van der Waals surface area contributed by atoms with Crippen molar-refractivity contribution in [2.45, 2.75) is 65.5 Å². The summed E-state index contributed by atoms with van der Waals surface area (Å²) in [5, 5.41) is 6.05. The van der Waals surface area contributed by atoms with E-state index in [0.29, 0.717) is 0 Å². The van der Waals surface area contributed by atoms with E-state index in [1.54, 1.807) is 0 Å². The standard InChI is InChI=1S/C13H28N2O/c1-10(2)8-7-9-11(3)15-12(16)13(4,5)14-6/h10-11,14H,7-9H2,1-6H3,(H,15,16). The highest BCUT2D eigenvalue weighted by Crippen LogP contribution is 2.09. The smallest absolute Gasteiger partial charge is 0.239 e. The monoisotopic (exact) mass is 228 g/mol. The molecule has 0 heterocycles. The minimum atomic E-state index is -0.480. The molecule has 0 aliphatic rings. The molecule has 3 heteroatoms. The molecule has 0 aromatic rings. The highest BCUT2D eigenvalue weighted by Gasteiger charge is 2.25. The zero-order valence-corrected chi connectivity index (χ0v) is 11.7. The molecular formula is C13H28N2O. The van der Waals surface area contributed by atoms with E-state index in [-0.39, 0.29) is 11.9 Å². The Hall–Kier alpha value is -0.570. The summed E-state index contributed by atoms with van der Waals surface area (Å²) in [5.74, 6) is 0.823. The van der Waals surface area contributed by atoms with Crippen molar-refractivity contribution in [3.63, 3.8) is 0 Å². The van der Waals surface area contributed by atoms with Crippen molar-refractivity contribution in [3.8, 4) is 0 Å². The number of hydrogen-bond acceptors (Lipinski definition) is 2. The lowest BCUT2D eigenvalue weighted by atomic mass is 10.0. The number of amides is 1. The second kappa shape index (κ2) is 6.89. The van der Waals surface area contributed by atoms with Crippen LogP contribution in [0.3, 0.4) is 0 Å². The van der Waals surface area contributed by atoms with Gasteiger partial charge < -0.3 is 10.6 Å². The lowest BCUT2D eigenvalue weighted by Gasteiger charge is -2.25. The first kappa shape index (κ1) is 15.4. The number of carbonyl (C=O) groups is 1. The molecule has 0 saturated heterocycles. The Balaban J connectivity index is 3.87. The predicted octanol–water partition coefficient (Wildman–Crippen LogP) is 2.32. The summed E-state index contributed by atoms with van der Waals surface area (Å²) in [6, 6.07) is 0.263. The number of rotatable bonds is 7. The highest BCUT2D eigenvalue weighted by molar-refractivity contribution is 5.85. The van der Waals surface area contributed by atoms with Crippen molar-refractivity contribution in [2.75, 3.05) is 7.05 Å². The predicted molar refractivity (Wildman–Crippen MR) is 69.4 cm³/mol. The van der Waals surface area contributed by atoms with E-state index in [1.165, 1.54) is 12.8 Å². The van der Waals surface area contributed by atoms with Crippen LogP contribution >= 0.6 is 0 Å². The number of hydrogen-bond donors (Lipinski definition) is 2. The molecular weight excluding hydrogens is 200 g/mol. The molecule has 0 aromatic carbocycles. The molecule has 1 unspecified atom stereocenters. The van der Waals surface area contributed by atoms with Crippen molar-refractivity contribution in [1.29, 1.82) is 0 Å². The summed E-state index contributed by atoms with van der Waals surface area (Å²) in [7, 11) is 1.81. The van der Waals surface area contributed by atoms with Crippen LogP contribution in [0.4, 0.5) is 0 Å². The molecule has 1 amide bonds. The fourth-order valence-electron chi connectivity index (χ4n) is 1.42. The van der Waals surface area contributed by atoms with Gasteiger partial charge in [0.1, 0.15) is 0 Å². The molecule has 0 aliphatic heterocycles. The van der Waals surface area contributed by atoms with Gasteiger partial charge in [0.2, 0.25) is 5.91 Å². The molecule has 16 heavy (non-hydrogen) atoms. The highest BCUT2D eigenvalue weighted by atomic mass is 16.2. The summed E-state index contributed by atoms with van der Waals surface area (Å²) >= 11 is 0. The fraction of sp³-hybridized carbons (Fsp3) is 0.923. The minimum absolute atomic E-state index is 0.0760. The van der Waals surface area contributed by atoms with Crippen molar-refractivity contribution >= 4 is 5.91 Å². The second-order valence-electron chi connectivity index (χ2n) is 5.57. The molecule has 2 N–H and O–H groups in total. The maximum absolute atomic E-state index is 11.8. The van der Waals surface area contributed by atoms with Crippen LogP contribution in [0.5, 0.6) is 0 Å². The first-order valence-electron chi connectivity index (χ1n) is 6.29. The normalized spacial score (nSPS) is 13.9. The van der Waals surface area contributed by atoms with Crippen LogP contribution in [-0.2, 0) is 4.79 Å². The van der Waals surface area contributed by atoms with Gasteiger partial charge in [0.15, 0.2) is 0 Å². The Morgan fingerprint density at radius 3 is 2.19 bits per heavy atom. The first-order chi connectivity index (χ1) is 7.29. The summed E-state index contributed by atoms with van der Waals surface area (Å²) in [6.45, 7) is 10.3. The van der Waals surface area contributed by atoms with Gasteiger partial charge in [0.05, 0.1) is 5.54 Å². The lowest BCUT2D eigenvalue weighted by Crippen LogP contribution is -2.53. The molecule has 0 bridgehead atoms. The fourth-order valence-corrected chi connectivity index (χ4v) is 1.42. The first-order valence-corrected chi connectivity index (χ1v) is 6.29. The lowest BCUT2D eigenvalue weighted by molar-refractivity contribution is -0.126. The molecule has 3 nitrogen and oxygen atoms in total. The maximum Gasteiger partial charge on any atom is 0.239 e. The zero-order chi connectivity index (χ0) is 12.8. The average Bonchev–Trinajstić information content (AvgIpc) is 2.16. The van der Waals surface area contributed by atoms with Gasteiger partial charge in [-0.15, -0.1) is 0 Å². The van der Waals surface area contributed by atoms with Crippen molar-refractivity contribution in [2.24, 2.45) is 5.92 Å². The van der Waals surface area contributed by atoms with Crippen LogP contribution in [0.1, 0.15) is 53.9 Å². The summed E-state index contributed by atoms with van der Waals surface area (Å²) in [4.78, 5) is 11.8. The molecule has 96 valence electrons. The third-order valence-corrected chi connectivity index (χ3v) is 2.99. The van der Waals surface area contributed by atoms with E-state index in [9.17, 15) is 4.79 Å². The van der Waals surface area contributed by atoms with Crippen molar-refractivity contribution < 1.29 is 4.79 Å². The van der Waals surface area contributed by atoms with Gasteiger partial charge in [-0.25, -0.2) is 0 Å². The molecule has 0 saturated carbocycles. The summed E-state index contributed by atoms with van der Waals surface area (Å²) < 4.78 is 0. The quantitative estimate of drug-likeness (QED) is 0.702. The van der Waals surface area contributed by atoms with Crippen LogP contribution in [-0.4, -0.2) is 24.5 Å². The van der Waals surface area contributed by atoms with Crippen molar-refractivity contribution in [3.05, 3.63) is 0 Å². The van der Waals surface area contributed by atoms with Crippen LogP contribution in [0.2, 0.25) is 0 Å². The van der Waals surface area contributed by atoms with E-state index in [0.717, 1.165) is 12.3 Å². The summed E-state index contributed by atoms with van der Waals surface area (Å²) in [5.41, 5.74) is -0.480. The number of nitrogens with one attached hydrogen (secondary N) is 2. The van der Waals surface area contributed by atoms with E-state index in [4.69, 9.17) is 0 Å². The van der Waals surface area contributed by atoms with Crippen LogP contribution in [0.15, 0.2) is 0 Å². The van der Waals surface area contributed by atoms with E-state index >= 15 is 0 Å². The Morgan fingerprint density at radius 1 is 1.19 bits per heavy atom. The Kier molecular flexibility index (Phi) is 6.65. The zero-order valence-electron chi connectivity index (χ0n) is 11.7. The maximum atomic E-state index is 11.8. The SMILES string of the molecule is CNC(C)(C)C(=O)NC(C)CCCC(C)C. The average molecular weight is 228 g/mol. The van der Waals surface area contributed by atoms with E-state index in [1.807, 2.05) is 20.9 Å². The molecule has 1 atom stereocenters. The van der Waals surface area contributed by atoms with Gasteiger partial charge in [-0.05, 0) is 40.2 Å². The third kappa shape index (κ3) is 6.11. The van der Waals surface area contributed by atoms with E-state index < -0.39 is 5.54 Å². The van der Waals surface area contributed by atoms with E-state index in [2.05, 4.69) is 31.4 Å². The molecule has 0 radical (unpaired) electrons. The van der Waals surface area contributed by atoms with Gasteiger partial charge in [-0.3, -0.25) is 4.79 Å². The summed E-state index contributed by atoms with van der Waals surface area (Å²) in [6.07, 6.45) is 3.47. The molecule has 0 aliphatic carbocycles. The van der Waals surface area contributed by atoms with Gasteiger partial charge in [0, 0.05) is 6.04 Å². The third-order valence-electron chi connectivity index (χ3n) is 2.99. The molecule has 0 aromatic heterocycles. The van der Waals surface area contributed by atoms with Gasteiger partial charge in [-0.2, -0.15) is 0 Å². The van der Waals surface area contributed by atoms with Gasteiger partial charge in [-0.1, -0.05) is 26.7 Å². The second-order valence-corrected chi connectivity index (χ2v) is 5.57. The van der Waals surface area contributed by atoms with Crippen molar-refractivity contribution in [1.82, 2.24) is 10.6 Å². The Bertz CT molecular complexity index is 212. The number of carbonyl (C=O) groups excluding carboxylic acids is 1. The van der Waals surface area contributed by atoms with Crippen LogP contribution < -0.4 is 10.6 Å². The Labute approximate surface area is 100 Å². The Morgan fingerprint density at radius 2 is 1.75 bits per heavy atom. The largest absolute Gasteiger partial charge is 0.352 e. The van der Waals surface area contributed by atoms with Gasteiger partial charge >= 0.3 is 0 Å². The van der Waals surface area contributed by atoms with Crippen LogP contribution in [0, 0.1) is 5.92 Å².